The van der Waals surface area contributed by atoms with Gasteiger partial charge < -0.3 is 16.2 Å². The van der Waals surface area contributed by atoms with Crippen LogP contribution < -0.4 is 11.1 Å². The van der Waals surface area contributed by atoms with Crippen molar-refractivity contribution in [2.45, 2.75) is 65.0 Å². The molecule has 0 aromatic carbocycles. The van der Waals surface area contributed by atoms with E-state index in [9.17, 15) is 14.7 Å². The number of amides is 2. The van der Waals surface area contributed by atoms with Crippen LogP contribution in [0.2, 0.25) is 0 Å². The number of aliphatic hydroxyl groups excluding tert-OH is 1. The van der Waals surface area contributed by atoms with Gasteiger partial charge in [0.25, 0.3) is 0 Å². The van der Waals surface area contributed by atoms with Crippen LogP contribution in [0, 0.1) is 16.7 Å². The largest absolute Gasteiger partial charge is 0.385 e. The normalized spacial score (nSPS) is 38.3. The third-order valence-electron chi connectivity index (χ3n) is 5.96. The molecule has 2 rings (SSSR count). The Morgan fingerprint density at radius 2 is 2.08 bits per heavy atom. The summed E-state index contributed by atoms with van der Waals surface area (Å²) in [6.45, 7) is 8.90. The lowest BCUT2D eigenvalue weighted by Crippen LogP contribution is -2.62. The van der Waals surface area contributed by atoms with E-state index in [1.54, 1.807) is 6.08 Å². The highest BCUT2D eigenvalue weighted by Crippen LogP contribution is 2.54. The molecule has 2 amide bonds. The fraction of sp³-hybridized carbons (Fsp3) is 0.684. The third kappa shape index (κ3) is 3.27. The van der Waals surface area contributed by atoms with Gasteiger partial charge >= 0.3 is 0 Å². The Morgan fingerprint density at radius 1 is 1.42 bits per heavy atom. The van der Waals surface area contributed by atoms with Crippen molar-refractivity contribution in [1.29, 1.82) is 0 Å². The van der Waals surface area contributed by atoms with E-state index in [4.69, 9.17) is 5.73 Å². The monoisotopic (exact) mass is 334 g/mol. The third-order valence-corrected chi connectivity index (χ3v) is 5.96. The molecule has 0 spiro atoms. The summed E-state index contributed by atoms with van der Waals surface area (Å²) in [5, 5.41) is 13.7. The molecule has 0 heterocycles. The van der Waals surface area contributed by atoms with E-state index in [1.165, 1.54) is 6.08 Å². The van der Waals surface area contributed by atoms with Crippen molar-refractivity contribution in [3.8, 4) is 0 Å². The zero-order chi connectivity index (χ0) is 18.2. The summed E-state index contributed by atoms with van der Waals surface area (Å²) >= 11 is 0. The fourth-order valence-corrected chi connectivity index (χ4v) is 4.91. The maximum absolute atomic E-state index is 11.7. The Hall–Kier alpha value is -1.62. The first-order chi connectivity index (χ1) is 11.1. The molecule has 5 nitrogen and oxygen atoms in total. The Balaban J connectivity index is 2.47. The maximum Gasteiger partial charge on any atom is 0.247 e. The van der Waals surface area contributed by atoms with Crippen molar-refractivity contribution in [3.05, 3.63) is 23.8 Å². The van der Waals surface area contributed by atoms with Gasteiger partial charge in [-0.05, 0) is 36.0 Å². The van der Waals surface area contributed by atoms with Crippen molar-refractivity contribution >= 4 is 12.3 Å². The number of allylic oxidation sites excluding steroid dienone is 2. The van der Waals surface area contributed by atoms with Gasteiger partial charge in [0, 0.05) is 5.57 Å². The first-order valence-corrected chi connectivity index (χ1v) is 8.68. The van der Waals surface area contributed by atoms with Crippen LogP contribution in [-0.2, 0) is 9.59 Å². The molecule has 0 aromatic heterocycles. The maximum atomic E-state index is 11.7. The number of aliphatic hydroxyl groups is 1. The van der Waals surface area contributed by atoms with Crippen LogP contribution in [0.4, 0.5) is 0 Å². The van der Waals surface area contributed by atoms with Crippen molar-refractivity contribution < 1.29 is 14.7 Å². The summed E-state index contributed by atoms with van der Waals surface area (Å²) in [6.07, 6.45) is 8.41. The molecule has 24 heavy (non-hydrogen) atoms. The van der Waals surface area contributed by atoms with E-state index in [1.807, 2.05) is 6.08 Å². The highest BCUT2D eigenvalue weighted by Gasteiger charge is 2.52. The van der Waals surface area contributed by atoms with Gasteiger partial charge in [0.2, 0.25) is 12.3 Å². The molecule has 5 heteroatoms. The highest BCUT2D eigenvalue weighted by molar-refractivity contribution is 5.94. The Morgan fingerprint density at radius 3 is 2.62 bits per heavy atom. The minimum Gasteiger partial charge on any atom is -0.385 e. The molecule has 2 aliphatic carbocycles. The molecule has 4 N–H and O–H groups in total. The standard InChI is InChI=1S/C19H30N2O3/c1-5-18(4)10-13(9-17(2,3)11-18)19(21-12-22)8-6-7-14(15(19)23)16(20)24/h6-8,12-13,15,23H,5,9-11H2,1-4H3,(H2,20,24)(H,21,22). The van der Waals surface area contributed by atoms with E-state index < -0.39 is 17.6 Å². The SMILES string of the molecule is CCC1(C)CC(C2(NC=O)C=CC=C(C(N)=O)C2O)CC(C)(C)C1. The Bertz CT molecular complexity index is 581. The lowest BCUT2D eigenvalue weighted by atomic mass is 9.54. The summed E-state index contributed by atoms with van der Waals surface area (Å²) in [5.74, 6) is -0.636. The minimum absolute atomic E-state index is 0.0192. The molecule has 0 radical (unpaired) electrons. The van der Waals surface area contributed by atoms with Gasteiger partial charge in [0.1, 0.15) is 6.10 Å². The van der Waals surface area contributed by atoms with Gasteiger partial charge in [-0.25, -0.2) is 0 Å². The van der Waals surface area contributed by atoms with E-state index in [2.05, 4.69) is 33.0 Å². The summed E-state index contributed by atoms with van der Waals surface area (Å²) in [7, 11) is 0. The van der Waals surface area contributed by atoms with Crippen molar-refractivity contribution in [3.63, 3.8) is 0 Å². The number of rotatable bonds is 5. The predicted octanol–water partition coefficient (Wildman–Crippen LogP) is 2.06. The lowest BCUT2D eigenvalue weighted by molar-refractivity contribution is -0.119. The number of nitrogens with two attached hydrogens (primary N) is 1. The van der Waals surface area contributed by atoms with Crippen LogP contribution in [-0.4, -0.2) is 29.1 Å². The number of primary amides is 1. The zero-order valence-corrected chi connectivity index (χ0v) is 15.1. The number of hydrogen-bond donors (Lipinski definition) is 3. The van der Waals surface area contributed by atoms with Gasteiger partial charge in [-0.1, -0.05) is 52.3 Å². The molecule has 4 unspecified atom stereocenters. The topological polar surface area (TPSA) is 92.4 Å². The molecular formula is C19H30N2O3. The van der Waals surface area contributed by atoms with E-state index in [0.717, 1.165) is 25.7 Å². The molecule has 0 aromatic rings. The van der Waals surface area contributed by atoms with Crippen LogP contribution in [0.1, 0.15) is 53.4 Å². The highest BCUT2D eigenvalue weighted by atomic mass is 16.3. The number of hydrogen-bond acceptors (Lipinski definition) is 3. The first kappa shape index (κ1) is 18.7. The summed E-state index contributed by atoms with van der Waals surface area (Å²) in [6, 6.07) is 0. The van der Waals surface area contributed by atoms with Crippen molar-refractivity contribution in [1.82, 2.24) is 5.32 Å². The summed E-state index contributed by atoms with van der Waals surface area (Å²) < 4.78 is 0. The number of carbonyl (C=O) groups is 2. The van der Waals surface area contributed by atoms with Crippen LogP contribution in [0.3, 0.4) is 0 Å². The van der Waals surface area contributed by atoms with Crippen LogP contribution in [0.25, 0.3) is 0 Å². The van der Waals surface area contributed by atoms with Crippen molar-refractivity contribution in [2.75, 3.05) is 0 Å². The van der Waals surface area contributed by atoms with Crippen LogP contribution >= 0.6 is 0 Å². The molecule has 4 atom stereocenters. The number of nitrogens with one attached hydrogen (secondary N) is 1. The Labute approximate surface area is 144 Å². The second kappa shape index (κ2) is 6.36. The zero-order valence-electron chi connectivity index (χ0n) is 15.1. The molecule has 1 fully saturated rings. The molecule has 0 saturated heterocycles. The average Bonchev–Trinajstić information content (AvgIpc) is 2.47. The van der Waals surface area contributed by atoms with Crippen LogP contribution in [0.15, 0.2) is 23.8 Å². The van der Waals surface area contributed by atoms with E-state index in [-0.39, 0.29) is 22.3 Å². The molecule has 0 aliphatic heterocycles. The van der Waals surface area contributed by atoms with Crippen molar-refractivity contribution in [2.24, 2.45) is 22.5 Å². The molecule has 2 aliphatic rings. The Kier molecular flexibility index (Phi) is 4.96. The fourth-order valence-electron chi connectivity index (χ4n) is 4.91. The van der Waals surface area contributed by atoms with Gasteiger partial charge in [-0.3, -0.25) is 9.59 Å². The summed E-state index contributed by atoms with van der Waals surface area (Å²) in [5.41, 5.74) is 4.80. The molecule has 134 valence electrons. The summed E-state index contributed by atoms with van der Waals surface area (Å²) in [4.78, 5) is 23.0. The van der Waals surface area contributed by atoms with Gasteiger partial charge in [0.15, 0.2) is 0 Å². The number of carbonyl (C=O) groups excluding carboxylic acids is 2. The average molecular weight is 334 g/mol. The predicted molar refractivity (Wildman–Crippen MR) is 93.9 cm³/mol. The first-order valence-electron chi connectivity index (χ1n) is 8.68. The molecule has 0 bridgehead atoms. The minimum atomic E-state index is -1.13. The van der Waals surface area contributed by atoms with Gasteiger partial charge in [0.05, 0.1) is 5.54 Å². The van der Waals surface area contributed by atoms with Crippen LogP contribution in [0.5, 0.6) is 0 Å². The van der Waals surface area contributed by atoms with Gasteiger partial charge in [-0.15, -0.1) is 0 Å². The van der Waals surface area contributed by atoms with E-state index >= 15 is 0 Å². The quantitative estimate of drug-likeness (QED) is 0.672. The second-order valence-corrected chi connectivity index (χ2v) is 8.55. The lowest BCUT2D eigenvalue weighted by Gasteiger charge is -2.53. The van der Waals surface area contributed by atoms with Gasteiger partial charge in [-0.2, -0.15) is 0 Å². The molecular weight excluding hydrogens is 304 g/mol. The van der Waals surface area contributed by atoms with E-state index in [0.29, 0.717) is 6.41 Å². The smallest absolute Gasteiger partial charge is 0.247 e. The second-order valence-electron chi connectivity index (χ2n) is 8.55. The molecule has 1 saturated carbocycles.